The molecular formula is C16H16N4O. The predicted molar refractivity (Wildman–Crippen MR) is 83.1 cm³/mol. The van der Waals surface area contributed by atoms with Crippen molar-refractivity contribution in [3.8, 4) is 0 Å². The molecule has 2 aromatic carbocycles. The van der Waals surface area contributed by atoms with Gasteiger partial charge >= 0.3 is 6.03 Å². The fraction of sp³-hybridized carbons (Fsp3) is 0.125. The van der Waals surface area contributed by atoms with E-state index in [0.29, 0.717) is 6.54 Å². The van der Waals surface area contributed by atoms with Gasteiger partial charge in [0.25, 0.3) is 0 Å². The van der Waals surface area contributed by atoms with Crippen LogP contribution in [0.1, 0.15) is 11.1 Å². The molecule has 0 aliphatic rings. The molecule has 0 atom stereocenters. The Balaban J connectivity index is 1.64. The van der Waals surface area contributed by atoms with Gasteiger partial charge in [0.15, 0.2) is 0 Å². The van der Waals surface area contributed by atoms with Crippen LogP contribution in [-0.4, -0.2) is 16.2 Å². The van der Waals surface area contributed by atoms with Crippen molar-refractivity contribution >= 4 is 22.6 Å². The van der Waals surface area contributed by atoms with Crippen LogP contribution in [0.25, 0.3) is 10.9 Å². The Morgan fingerprint density at radius 2 is 2.00 bits per heavy atom. The van der Waals surface area contributed by atoms with Gasteiger partial charge in [-0.15, -0.1) is 0 Å². The van der Waals surface area contributed by atoms with Gasteiger partial charge < -0.3 is 10.6 Å². The lowest BCUT2D eigenvalue weighted by Crippen LogP contribution is -2.28. The van der Waals surface area contributed by atoms with Crippen molar-refractivity contribution in [3.63, 3.8) is 0 Å². The molecule has 0 aliphatic carbocycles. The summed E-state index contributed by atoms with van der Waals surface area (Å²) in [6, 6.07) is 13.5. The van der Waals surface area contributed by atoms with Crippen molar-refractivity contribution in [3.05, 3.63) is 59.8 Å². The number of aryl methyl sites for hydroxylation is 1. The van der Waals surface area contributed by atoms with E-state index in [2.05, 4.69) is 20.8 Å². The number of aromatic nitrogens is 2. The Hall–Kier alpha value is -2.82. The van der Waals surface area contributed by atoms with E-state index in [1.807, 2.05) is 49.4 Å². The molecule has 0 aliphatic heterocycles. The van der Waals surface area contributed by atoms with Crippen LogP contribution >= 0.6 is 0 Å². The lowest BCUT2D eigenvalue weighted by Gasteiger charge is -2.08. The number of urea groups is 1. The molecule has 106 valence electrons. The zero-order chi connectivity index (χ0) is 14.7. The monoisotopic (exact) mass is 280 g/mol. The first-order valence-corrected chi connectivity index (χ1v) is 6.75. The van der Waals surface area contributed by atoms with Crippen molar-refractivity contribution in [2.75, 3.05) is 5.32 Å². The molecule has 3 rings (SSSR count). The number of anilines is 1. The highest BCUT2D eigenvalue weighted by Gasteiger charge is 2.06. The molecule has 0 radical (unpaired) electrons. The summed E-state index contributed by atoms with van der Waals surface area (Å²) in [6.45, 7) is 2.53. The Kier molecular flexibility index (Phi) is 3.55. The molecule has 3 aromatic rings. The number of carbonyl (C=O) groups is 1. The lowest BCUT2D eigenvalue weighted by atomic mass is 10.1. The maximum Gasteiger partial charge on any atom is 0.319 e. The molecular weight excluding hydrogens is 264 g/mol. The summed E-state index contributed by atoms with van der Waals surface area (Å²) in [4.78, 5) is 12.0. The molecule has 0 saturated heterocycles. The van der Waals surface area contributed by atoms with Gasteiger partial charge in [-0.3, -0.25) is 5.10 Å². The highest BCUT2D eigenvalue weighted by molar-refractivity contribution is 6.00. The average molecular weight is 280 g/mol. The Bertz CT molecular complexity index is 761. The number of hydrogen-bond donors (Lipinski definition) is 3. The van der Waals surface area contributed by atoms with E-state index in [-0.39, 0.29) is 6.03 Å². The first kappa shape index (κ1) is 13.2. The zero-order valence-corrected chi connectivity index (χ0v) is 11.7. The quantitative estimate of drug-likeness (QED) is 0.689. The second-order valence-corrected chi connectivity index (χ2v) is 4.93. The molecule has 0 saturated carbocycles. The van der Waals surface area contributed by atoms with E-state index in [4.69, 9.17) is 0 Å². The number of nitrogens with zero attached hydrogens (tertiary/aromatic N) is 1. The van der Waals surface area contributed by atoms with E-state index in [1.165, 1.54) is 5.56 Å². The van der Waals surface area contributed by atoms with Gasteiger partial charge in [0, 0.05) is 11.9 Å². The molecule has 1 heterocycles. The standard InChI is InChI=1S/C16H16N4O/c1-11-5-7-12(8-6-11)9-17-16(21)19-14-3-2-4-15-13(14)10-18-20-15/h2-8,10H,9H2,1H3,(H,18,20)(H2,17,19,21). The summed E-state index contributed by atoms with van der Waals surface area (Å²) < 4.78 is 0. The Morgan fingerprint density at radius 1 is 1.19 bits per heavy atom. The van der Waals surface area contributed by atoms with Crippen molar-refractivity contribution < 1.29 is 4.79 Å². The second kappa shape index (κ2) is 5.66. The van der Waals surface area contributed by atoms with Gasteiger partial charge in [-0.2, -0.15) is 5.10 Å². The number of H-pyrrole nitrogens is 1. The van der Waals surface area contributed by atoms with E-state index in [1.54, 1.807) is 6.20 Å². The molecule has 0 bridgehead atoms. The predicted octanol–water partition coefficient (Wildman–Crippen LogP) is 3.19. The number of rotatable bonds is 3. The zero-order valence-electron chi connectivity index (χ0n) is 11.7. The Morgan fingerprint density at radius 3 is 2.81 bits per heavy atom. The molecule has 0 spiro atoms. The first-order valence-electron chi connectivity index (χ1n) is 6.75. The minimum atomic E-state index is -0.232. The van der Waals surface area contributed by atoms with Crippen molar-refractivity contribution in [2.24, 2.45) is 0 Å². The molecule has 0 fully saturated rings. The minimum absolute atomic E-state index is 0.232. The van der Waals surface area contributed by atoms with E-state index < -0.39 is 0 Å². The molecule has 1 aromatic heterocycles. The molecule has 0 unspecified atom stereocenters. The highest BCUT2D eigenvalue weighted by Crippen LogP contribution is 2.20. The second-order valence-electron chi connectivity index (χ2n) is 4.93. The molecule has 5 nitrogen and oxygen atoms in total. The van der Waals surface area contributed by atoms with Crippen LogP contribution in [-0.2, 0) is 6.54 Å². The summed E-state index contributed by atoms with van der Waals surface area (Å²) in [5, 5.41) is 13.4. The van der Waals surface area contributed by atoms with Gasteiger partial charge in [-0.1, -0.05) is 35.9 Å². The number of nitrogens with one attached hydrogen (secondary N) is 3. The summed E-state index contributed by atoms with van der Waals surface area (Å²) in [6.07, 6.45) is 1.70. The lowest BCUT2D eigenvalue weighted by molar-refractivity contribution is 0.252. The number of benzene rings is 2. The average Bonchev–Trinajstić information content (AvgIpc) is 2.96. The van der Waals surface area contributed by atoms with E-state index >= 15 is 0 Å². The van der Waals surface area contributed by atoms with Crippen LogP contribution in [0.5, 0.6) is 0 Å². The van der Waals surface area contributed by atoms with Crippen LogP contribution in [0.3, 0.4) is 0 Å². The van der Waals surface area contributed by atoms with Crippen LogP contribution < -0.4 is 10.6 Å². The van der Waals surface area contributed by atoms with Crippen molar-refractivity contribution in [2.45, 2.75) is 13.5 Å². The normalized spacial score (nSPS) is 10.5. The number of hydrogen-bond acceptors (Lipinski definition) is 2. The third-order valence-electron chi connectivity index (χ3n) is 3.31. The van der Waals surface area contributed by atoms with Crippen molar-refractivity contribution in [1.29, 1.82) is 0 Å². The van der Waals surface area contributed by atoms with Crippen LogP contribution in [0, 0.1) is 6.92 Å². The number of fused-ring (bicyclic) bond motifs is 1. The molecule has 21 heavy (non-hydrogen) atoms. The molecule has 2 amide bonds. The van der Waals surface area contributed by atoms with Crippen molar-refractivity contribution in [1.82, 2.24) is 15.5 Å². The maximum atomic E-state index is 12.0. The summed E-state index contributed by atoms with van der Waals surface area (Å²) in [5.41, 5.74) is 3.90. The third kappa shape index (κ3) is 3.02. The summed E-state index contributed by atoms with van der Waals surface area (Å²) >= 11 is 0. The smallest absolute Gasteiger partial charge is 0.319 e. The topological polar surface area (TPSA) is 69.8 Å². The fourth-order valence-corrected chi connectivity index (χ4v) is 2.13. The fourth-order valence-electron chi connectivity index (χ4n) is 2.13. The first-order chi connectivity index (χ1) is 10.2. The van der Waals surface area contributed by atoms with Gasteiger partial charge in [0.05, 0.1) is 17.4 Å². The van der Waals surface area contributed by atoms with Gasteiger partial charge in [-0.05, 0) is 24.6 Å². The molecule has 3 N–H and O–H groups in total. The van der Waals surface area contributed by atoms with Crippen LogP contribution in [0.4, 0.5) is 10.5 Å². The van der Waals surface area contributed by atoms with E-state index in [9.17, 15) is 4.79 Å². The number of amides is 2. The summed E-state index contributed by atoms with van der Waals surface area (Å²) in [7, 11) is 0. The molecule has 5 heteroatoms. The third-order valence-corrected chi connectivity index (χ3v) is 3.31. The summed E-state index contributed by atoms with van der Waals surface area (Å²) in [5.74, 6) is 0. The van der Waals surface area contributed by atoms with E-state index in [0.717, 1.165) is 22.2 Å². The van der Waals surface area contributed by atoms with Gasteiger partial charge in [0.2, 0.25) is 0 Å². The minimum Gasteiger partial charge on any atom is -0.334 e. The van der Waals surface area contributed by atoms with Gasteiger partial charge in [0.1, 0.15) is 0 Å². The maximum absolute atomic E-state index is 12.0. The number of carbonyl (C=O) groups excluding carboxylic acids is 1. The number of aromatic amines is 1. The SMILES string of the molecule is Cc1ccc(CNC(=O)Nc2cccc3[nH]ncc23)cc1. The van der Waals surface area contributed by atoms with Crippen LogP contribution in [0.15, 0.2) is 48.7 Å². The highest BCUT2D eigenvalue weighted by atomic mass is 16.2. The van der Waals surface area contributed by atoms with Gasteiger partial charge in [-0.25, -0.2) is 4.79 Å². The largest absolute Gasteiger partial charge is 0.334 e. The Labute approximate surface area is 122 Å². The van der Waals surface area contributed by atoms with Crippen LogP contribution in [0.2, 0.25) is 0 Å².